The van der Waals surface area contributed by atoms with E-state index >= 15 is 0 Å². The Balaban J connectivity index is 2.35. The molecule has 0 aromatic heterocycles. The molecule has 1 aliphatic rings. The quantitative estimate of drug-likeness (QED) is 0.366. The summed E-state index contributed by atoms with van der Waals surface area (Å²) in [5, 5.41) is 0. The van der Waals surface area contributed by atoms with Crippen LogP contribution in [0.25, 0.3) is 0 Å². The number of rotatable bonds is 0. The van der Waals surface area contributed by atoms with Crippen LogP contribution in [0.15, 0.2) is 0 Å². The van der Waals surface area contributed by atoms with E-state index < -0.39 is 0 Å². The molecule has 0 aromatic rings. The van der Waals surface area contributed by atoms with E-state index in [1.807, 2.05) is 0 Å². The van der Waals surface area contributed by atoms with Gasteiger partial charge in [0.25, 0.3) is 0 Å². The minimum atomic E-state index is -0.0319. The fourth-order valence-corrected chi connectivity index (χ4v) is 1.62. The van der Waals surface area contributed by atoms with Crippen molar-refractivity contribution in [2.75, 3.05) is 0 Å². The van der Waals surface area contributed by atoms with E-state index in [0.29, 0.717) is 6.04 Å². The molecule has 0 spiro atoms. The maximum atomic E-state index is 5.69. The Kier molecular flexibility index (Phi) is 2.35. The summed E-state index contributed by atoms with van der Waals surface area (Å²) in [4.78, 5) is 0. The maximum Gasteiger partial charge on any atom is 0.0553 e. The van der Waals surface area contributed by atoms with Gasteiger partial charge >= 0.3 is 0 Å². The van der Waals surface area contributed by atoms with E-state index in [1.165, 1.54) is 0 Å². The van der Waals surface area contributed by atoms with Crippen LogP contribution in [0.3, 0.4) is 0 Å². The maximum absolute atomic E-state index is 5.69. The van der Waals surface area contributed by atoms with Crippen molar-refractivity contribution >= 4 is 25.3 Å². The molecule has 54 valence electrons. The second-order valence-corrected chi connectivity index (χ2v) is 4.88. The van der Waals surface area contributed by atoms with Gasteiger partial charge in [-0.1, -0.05) is 0 Å². The Morgan fingerprint density at radius 2 is 1.67 bits per heavy atom. The molecule has 0 saturated heterocycles. The van der Waals surface area contributed by atoms with Crippen LogP contribution in [0, 0.1) is 0 Å². The summed E-state index contributed by atoms with van der Waals surface area (Å²) in [5.41, 5.74) is 5.69. The van der Waals surface area contributed by atoms with Gasteiger partial charge in [-0.25, -0.2) is 0 Å². The van der Waals surface area contributed by atoms with Crippen molar-refractivity contribution in [2.45, 2.75) is 35.8 Å². The molecule has 1 aliphatic carbocycles. The van der Waals surface area contributed by atoms with Crippen molar-refractivity contribution < 1.29 is 0 Å². The van der Waals surface area contributed by atoms with Gasteiger partial charge in [0.15, 0.2) is 0 Å². The lowest BCUT2D eigenvalue weighted by Crippen LogP contribution is -2.31. The zero-order chi connectivity index (χ0) is 6.91. The van der Waals surface area contributed by atoms with Gasteiger partial charge in [0.05, 0.1) is 4.08 Å². The molecule has 0 aliphatic heterocycles. The minimum absolute atomic E-state index is 0.0319. The molecular formula is C6H13NS2. The molecule has 0 unspecified atom stereocenters. The highest BCUT2D eigenvalue weighted by atomic mass is 32.2. The monoisotopic (exact) mass is 163 g/mol. The van der Waals surface area contributed by atoms with Crippen molar-refractivity contribution in [1.29, 1.82) is 0 Å². The highest BCUT2D eigenvalue weighted by Crippen LogP contribution is 2.35. The third-order valence-electron chi connectivity index (χ3n) is 1.83. The highest BCUT2D eigenvalue weighted by Gasteiger charge is 2.26. The van der Waals surface area contributed by atoms with E-state index in [0.717, 1.165) is 25.7 Å². The molecule has 1 fully saturated rings. The number of hydrogen-bond acceptors (Lipinski definition) is 3. The molecule has 0 heterocycles. The molecule has 0 aromatic carbocycles. The predicted molar refractivity (Wildman–Crippen MR) is 47.1 cm³/mol. The summed E-state index contributed by atoms with van der Waals surface area (Å²) in [7, 11) is 0. The molecule has 0 bridgehead atoms. The van der Waals surface area contributed by atoms with Crippen molar-refractivity contribution in [3.63, 3.8) is 0 Å². The van der Waals surface area contributed by atoms with Crippen LogP contribution in [-0.4, -0.2) is 10.1 Å². The Morgan fingerprint density at radius 3 is 2.00 bits per heavy atom. The van der Waals surface area contributed by atoms with Gasteiger partial charge in [-0.3, -0.25) is 0 Å². The number of hydrogen-bond donors (Lipinski definition) is 3. The molecule has 9 heavy (non-hydrogen) atoms. The van der Waals surface area contributed by atoms with Gasteiger partial charge in [-0.2, -0.15) is 25.3 Å². The van der Waals surface area contributed by atoms with Crippen LogP contribution in [0.1, 0.15) is 25.7 Å². The predicted octanol–water partition coefficient (Wildman–Crippen LogP) is 1.44. The Labute approximate surface area is 67.2 Å². The van der Waals surface area contributed by atoms with Crippen LogP contribution in [-0.2, 0) is 0 Å². The number of thiol groups is 2. The molecule has 1 nitrogen and oxygen atoms in total. The Bertz CT molecular complexity index is 93.2. The average molecular weight is 163 g/mol. The fourth-order valence-electron chi connectivity index (χ4n) is 1.10. The molecule has 1 rings (SSSR count). The topological polar surface area (TPSA) is 26.0 Å². The average Bonchev–Trinajstić information content (AvgIpc) is 1.78. The van der Waals surface area contributed by atoms with E-state index in [1.54, 1.807) is 0 Å². The van der Waals surface area contributed by atoms with E-state index in [4.69, 9.17) is 5.73 Å². The van der Waals surface area contributed by atoms with Crippen molar-refractivity contribution in [3.8, 4) is 0 Å². The van der Waals surface area contributed by atoms with Crippen molar-refractivity contribution in [1.82, 2.24) is 0 Å². The van der Waals surface area contributed by atoms with Gasteiger partial charge in [-0.15, -0.1) is 0 Å². The van der Waals surface area contributed by atoms with Crippen molar-refractivity contribution in [3.05, 3.63) is 0 Å². The van der Waals surface area contributed by atoms with E-state index in [2.05, 4.69) is 25.3 Å². The molecule has 3 heteroatoms. The van der Waals surface area contributed by atoms with Crippen LogP contribution < -0.4 is 5.73 Å². The third kappa shape index (κ3) is 2.40. The normalized spacial score (nSPS) is 28.3. The summed E-state index contributed by atoms with van der Waals surface area (Å²) in [5.74, 6) is 0. The SMILES string of the molecule is NC1CCC(S)(S)CC1. The Hall–Kier alpha value is 0.660. The lowest BCUT2D eigenvalue weighted by Gasteiger charge is -2.30. The molecule has 0 amide bonds. The lowest BCUT2D eigenvalue weighted by molar-refractivity contribution is 0.435. The van der Waals surface area contributed by atoms with Gasteiger partial charge in [0, 0.05) is 6.04 Å². The molecular weight excluding hydrogens is 150 g/mol. The standard InChI is InChI=1S/C6H13NS2/c7-5-1-3-6(8,9)4-2-5/h5,8-9H,1-4,7H2. The van der Waals surface area contributed by atoms with Crippen LogP contribution in [0.5, 0.6) is 0 Å². The highest BCUT2D eigenvalue weighted by molar-refractivity contribution is 8.00. The number of nitrogens with two attached hydrogens (primary N) is 1. The summed E-state index contributed by atoms with van der Waals surface area (Å²) in [6, 6.07) is 0.400. The molecule has 1 saturated carbocycles. The summed E-state index contributed by atoms with van der Waals surface area (Å²) < 4.78 is -0.0319. The minimum Gasteiger partial charge on any atom is -0.328 e. The van der Waals surface area contributed by atoms with Crippen molar-refractivity contribution in [2.24, 2.45) is 5.73 Å². The van der Waals surface area contributed by atoms with Crippen LogP contribution in [0.4, 0.5) is 0 Å². The van der Waals surface area contributed by atoms with Crippen LogP contribution in [0.2, 0.25) is 0 Å². The van der Waals surface area contributed by atoms with Gasteiger partial charge < -0.3 is 5.73 Å². The zero-order valence-corrected chi connectivity index (χ0v) is 7.17. The van der Waals surface area contributed by atoms with Gasteiger partial charge in [0.2, 0.25) is 0 Å². The van der Waals surface area contributed by atoms with E-state index in [-0.39, 0.29) is 4.08 Å². The smallest absolute Gasteiger partial charge is 0.0553 e. The summed E-state index contributed by atoms with van der Waals surface area (Å²) in [6.45, 7) is 0. The first-order valence-corrected chi connectivity index (χ1v) is 4.20. The first-order chi connectivity index (χ1) is 4.10. The second kappa shape index (κ2) is 2.72. The molecule has 0 radical (unpaired) electrons. The first kappa shape index (κ1) is 7.76. The summed E-state index contributed by atoms with van der Waals surface area (Å²) in [6.07, 6.45) is 4.24. The Morgan fingerprint density at radius 1 is 1.22 bits per heavy atom. The summed E-state index contributed by atoms with van der Waals surface area (Å²) >= 11 is 8.73. The van der Waals surface area contributed by atoms with Crippen LogP contribution >= 0.6 is 25.3 Å². The molecule has 2 N–H and O–H groups in total. The van der Waals surface area contributed by atoms with Gasteiger partial charge in [-0.05, 0) is 25.7 Å². The first-order valence-electron chi connectivity index (χ1n) is 3.30. The van der Waals surface area contributed by atoms with E-state index in [9.17, 15) is 0 Å². The third-order valence-corrected chi connectivity index (χ3v) is 2.73. The van der Waals surface area contributed by atoms with Gasteiger partial charge in [0.1, 0.15) is 0 Å². The molecule has 0 atom stereocenters. The zero-order valence-electron chi connectivity index (χ0n) is 5.38. The fraction of sp³-hybridized carbons (Fsp3) is 1.00. The second-order valence-electron chi connectivity index (χ2n) is 2.82. The largest absolute Gasteiger partial charge is 0.328 e. The lowest BCUT2D eigenvalue weighted by atomic mass is 9.95.